The van der Waals surface area contributed by atoms with E-state index in [0.717, 1.165) is 0 Å². The maximum atomic E-state index is 2.24. The molecule has 0 aliphatic heterocycles. The van der Waals surface area contributed by atoms with E-state index >= 15 is 0 Å². The number of benzene rings is 1. The van der Waals surface area contributed by atoms with Crippen LogP contribution in [0.15, 0.2) is 12.1 Å². The molecule has 0 nitrogen and oxygen atoms in total. The minimum absolute atomic E-state index is 1.37. The molecule has 1 heteroatoms. The van der Waals surface area contributed by atoms with Gasteiger partial charge in [-0.3, -0.25) is 0 Å². The van der Waals surface area contributed by atoms with Crippen LogP contribution in [0.2, 0.25) is 0 Å². The monoisotopic (exact) mass is 250 g/mol. The SMILES string of the molecule is Cc1cc(C)c([TeH])c(C)c1. The van der Waals surface area contributed by atoms with Crippen LogP contribution in [0.1, 0.15) is 16.7 Å². The third-order valence-electron chi connectivity index (χ3n) is 1.64. The minimum atomic E-state index is 1.37. The van der Waals surface area contributed by atoms with Crippen LogP contribution in [0.5, 0.6) is 0 Å². The topological polar surface area (TPSA) is 0 Å². The summed E-state index contributed by atoms with van der Waals surface area (Å²) in [4.78, 5) is 0. The molecule has 0 spiro atoms. The van der Waals surface area contributed by atoms with Crippen LogP contribution in [0.3, 0.4) is 0 Å². The van der Waals surface area contributed by atoms with E-state index < -0.39 is 0 Å². The average molecular weight is 248 g/mol. The van der Waals surface area contributed by atoms with Crippen molar-refractivity contribution in [1.82, 2.24) is 0 Å². The standard InChI is InChI=1S/C9H12Te/c1-6-4-7(2)9(10)8(3)5-6/h4-5,10H,1-3H3. The Morgan fingerprint density at radius 3 is 1.80 bits per heavy atom. The van der Waals surface area contributed by atoms with Gasteiger partial charge >= 0.3 is 75.5 Å². The van der Waals surface area contributed by atoms with Gasteiger partial charge in [0, 0.05) is 0 Å². The second kappa shape index (κ2) is 2.94. The fourth-order valence-corrected chi connectivity index (χ4v) is 1.54. The van der Waals surface area contributed by atoms with Gasteiger partial charge in [-0.05, 0) is 0 Å². The fraction of sp³-hybridized carbons (Fsp3) is 0.333. The Balaban J connectivity index is 3.31. The van der Waals surface area contributed by atoms with Gasteiger partial charge in [-0.25, -0.2) is 0 Å². The van der Waals surface area contributed by atoms with Crippen molar-refractivity contribution in [1.29, 1.82) is 0 Å². The molecular weight excluding hydrogens is 236 g/mol. The maximum absolute atomic E-state index is 2.24. The van der Waals surface area contributed by atoms with Crippen LogP contribution < -0.4 is 3.61 Å². The number of aryl methyl sites for hydroxylation is 3. The Morgan fingerprint density at radius 2 is 1.40 bits per heavy atom. The van der Waals surface area contributed by atoms with Crippen molar-refractivity contribution in [2.24, 2.45) is 0 Å². The second-order valence-electron chi connectivity index (χ2n) is 2.75. The predicted octanol–water partition coefficient (Wildman–Crippen LogP) is 1.14. The molecule has 0 aliphatic rings. The van der Waals surface area contributed by atoms with Gasteiger partial charge in [-0.2, -0.15) is 0 Å². The van der Waals surface area contributed by atoms with Crippen molar-refractivity contribution in [3.05, 3.63) is 28.8 Å². The number of hydrogen-bond donors (Lipinski definition) is 0. The predicted molar refractivity (Wildman–Crippen MR) is 47.4 cm³/mol. The van der Waals surface area contributed by atoms with Crippen LogP contribution in [0.4, 0.5) is 0 Å². The van der Waals surface area contributed by atoms with E-state index in [9.17, 15) is 0 Å². The first-order chi connectivity index (χ1) is 4.61. The summed E-state index contributed by atoms with van der Waals surface area (Å²) < 4.78 is 1.47. The molecule has 10 heavy (non-hydrogen) atoms. The molecule has 0 fully saturated rings. The molecule has 0 radical (unpaired) electrons. The van der Waals surface area contributed by atoms with Gasteiger partial charge in [0.2, 0.25) is 0 Å². The third-order valence-corrected chi connectivity index (χ3v) is 3.65. The molecule has 1 aromatic carbocycles. The average Bonchev–Trinajstić information content (AvgIpc) is 1.82. The normalized spacial score (nSPS) is 10.0. The van der Waals surface area contributed by atoms with Crippen molar-refractivity contribution in [3.63, 3.8) is 0 Å². The Morgan fingerprint density at radius 1 is 1.00 bits per heavy atom. The summed E-state index contributed by atoms with van der Waals surface area (Å²) in [7, 11) is 0. The van der Waals surface area contributed by atoms with Crippen molar-refractivity contribution in [2.75, 3.05) is 0 Å². The van der Waals surface area contributed by atoms with E-state index in [2.05, 4.69) is 32.9 Å². The van der Waals surface area contributed by atoms with Gasteiger partial charge in [0.15, 0.2) is 0 Å². The van der Waals surface area contributed by atoms with Crippen molar-refractivity contribution in [2.45, 2.75) is 20.8 Å². The van der Waals surface area contributed by atoms with Crippen molar-refractivity contribution in [3.8, 4) is 0 Å². The Kier molecular flexibility index (Phi) is 2.39. The van der Waals surface area contributed by atoms with Gasteiger partial charge < -0.3 is 0 Å². The zero-order valence-corrected chi connectivity index (χ0v) is 9.15. The molecular formula is C9H12Te. The molecule has 1 rings (SSSR count). The van der Waals surface area contributed by atoms with Crippen LogP contribution in [0.25, 0.3) is 0 Å². The molecule has 0 aromatic heterocycles. The summed E-state index contributed by atoms with van der Waals surface area (Å²) in [5.41, 5.74) is 4.22. The van der Waals surface area contributed by atoms with Gasteiger partial charge in [-0.15, -0.1) is 0 Å². The molecule has 0 saturated heterocycles. The van der Waals surface area contributed by atoms with Gasteiger partial charge in [-0.1, -0.05) is 0 Å². The summed E-state index contributed by atoms with van der Waals surface area (Å²) in [6, 6.07) is 4.47. The van der Waals surface area contributed by atoms with Crippen LogP contribution in [-0.2, 0) is 0 Å². The summed E-state index contributed by atoms with van der Waals surface area (Å²) in [5, 5.41) is 0. The molecule has 1 aromatic rings. The first-order valence-corrected chi connectivity index (χ1v) is 4.65. The fourth-order valence-electron chi connectivity index (χ4n) is 1.17. The Labute approximate surface area is 75.6 Å². The zero-order chi connectivity index (χ0) is 7.72. The molecule has 0 bridgehead atoms. The first-order valence-electron chi connectivity index (χ1n) is 3.38. The molecule has 54 valence electrons. The van der Waals surface area contributed by atoms with E-state index in [-0.39, 0.29) is 0 Å². The van der Waals surface area contributed by atoms with Gasteiger partial charge in [0.05, 0.1) is 0 Å². The number of hydrogen-bond acceptors (Lipinski definition) is 0. The summed E-state index contributed by atoms with van der Waals surface area (Å²) in [6.45, 7) is 6.49. The van der Waals surface area contributed by atoms with Gasteiger partial charge in [0.25, 0.3) is 0 Å². The van der Waals surface area contributed by atoms with Gasteiger partial charge in [0.1, 0.15) is 0 Å². The molecule has 0 saturated carbocycles. The molecule has 0 atom stereocenters. The first kappa shape index (κ1) is 8.11. The molecule has 0 heterocycles. The van der Waals surface area contributed by atoms with E-state index in [1.807, 2.05) is 22.3 Å². The number of rotatable bonds is 0. The summed E-state index contributed by atoms with van der Waals surface area (Å²) >= 11 is 1.81. The van der Waals surface area contributed by atoms with E-state index in [4.69, 9.17) is 0 Å². The van der Waals surface area contributed by atoms with E-state index in [1.54, 1.807) is 0 Å². The molecule has 0 N–H and O–H groups in total. The summed E-state index contributed by atoms with van der Waals surface area (Å²) in [6.07, 6.45) is 0. The van der Waals surface area contributed by atoms with Crippen LogP contribution in [-0.4, -0.2) is 22.3 Å². The molecule has 0 amide bonds. The van der Waals surface area contributed by atoms with Crippen LogP contribution in [0, 0.1) is 20.8 Å². The van der Waals surface area contributed by atoms with E-state index in [1.165, 1.54) is 20.3 Å². The Bertz CT molecular complexity index is 228. The summed E-state index contributed by atoms with van der Waals surface area (Å²) in [5.74, 6) is 0. The molecule has 0 aliphatic carbocycles. The third kappa shape index (κ3) is 1.54. The van der Waals surface area contributed by atoms with Crippen LogP contribution >= 0.6 is 0 Å². The van der Waals surface area contributed by atoms with Crippen molar-refractivity contribution < 1.29 is 0 Å². The van der Waals surface area contributed by atoms with E-state index in [0.29, 0.717) is 0 Å². The molecule has 0 unspecified atom stereocenters. The second-order valence-corrected chi connectivity index (χ2v) is 4.02. The zero-order valence-electron chi connectivity index (χ0n) is 6.60. The van der Waals surface area contributed by atoms with Crippen molar-refractivity contribution >= 4 is 25.9 Å². The quantitative estimate of drug-likeness (QED) is 0.604. The Hall–Kier alpha value is 0.00961.